The molecule has 1 aromatic carbocycles. The average molecular weight is 253 g/mol. The third-order valence-corrected chi connectivity index (χ3v) is 2.76. The molecule has 0 spiro atoms. The van der Waals surface area contributed by atoms with Gasteiger partial charge in [0, 0.05) is 29.6 Å². The molecule has 3 aromatic rings. The van der Waals surface area contributed by atoms with Crippen LogP contribution in [0, 0.1) is 5.41 Å². The van der Waals surface area contributed by atoms with Crippen molar-refractivity contribution in [3.63, 3.8) is 0 Å². The van der Waals surface area contributed by atoms with E-state index in [-0.39, 0.29) is 5.49 Å². The Balaban J connectivity index is 2.26. The van der Waals surface area contributed by atoms with E-state index in [0.29, 0.717) is 5.69 Å². The maximum absolute atomic E-state index is 11.4. The molecule has 94 valence electrons. The van der Waals surface area contributed by atoms with Crippen LogP contribution in [0.15, 0.2) is 47.5 Å². The summed E-state index contributed by atoms with van der Waals surface area (Å²) in [4.78, 5) is 23.7. The molecule has 0 saturated heterocycles. The minimum Gasteiger partial charge on any atom is -0.345 e. The zero-order valence-electron chi connectivity index (χ0n) is 9.90. The lowest BCUT2D eigenvalue weighted by atomic mass is 10.0. The molecule has 6 heteroatoms. The van der Waals surface area contributed by atoms with Gasteiger partial charge in [-0.2, -0.15) is 0 Å². The van der Waals surface area contributed by atoms with Crippen LogP contribution in [-0.4, -0.2) is 19.9 Å². The van der Waals surface area contributed by atoms with Crippen molar-refractivity contribution in [2.24, 2.45) is 0 Å². The zero-order chi connectivity index (χ0) is 13.2. The Bertz CT molecular complexity index is 785. The highest BCUT2D eigenvalue weighted by molar-refractivity contribution is 5.78. The van der Waals surface area contributed by atoms with Gasteiger partial charge in [0.1, 0.15) is 11.3 Å². The van der Waals surface area contributed by atoms with E-state index in [4.69, 9.17) is 5.41 Å². The van der Waals surface area contributed by atoms with Crippen molar-refractivity contribution in [2.75, 3.05) is 0 Å². The van der Waals surface area contributed by atoms with Crippen LogP contribution in [0.1, 0.15) is 0 Å². The fourth-order valence-corrected chi connectivity index (χ4v) is 1.97. The van der Waals surface area contributed by atoms with E-state index in [1.807, 2.05) is 24.3 Å². The average Bonchev–Trinajstić information content (AvgIpc) is 2.91. The number of H-pyrrole nitrogens is 3. The normalized spacial score (nSPS) is 10.5. The van der Waals surface area contributed by atoms with Crippen molar-refractivity contribution in [2.45, 2.75) is 0 Å². The van der Waals surface area contributed by atoms with Gasteiger partial charge in [0.25, 0.3) is 0 Å². The number of imidazole rings is 1. The van der Waals surface area contributed by atoms with Gasteiger partial charge in [-0.3, -0.25) is 10.4 Å². The minimum absolute atomic E-state index is 0.0630. The van der Waals surface area contributed by atoms with Crippen molar-refractivity contribution in [1.29, 1.82) is 5.41 Å². The molecule has 0 aliphatic carbocycles. The number of hydrogen-bond donors (Lipinski definition) is 4. The van der Waals surface area contributed by atoms with Gasteiger partial charge >= 0.3 is 5.69 Å². The van der Waals surface area contributed by atoms with Crippen molar-refractivity contribution >= 4 is 0 Å². The summed E-state index contributed by atoms with van der Waals surface area (Å²) in [6.45, 7) is 0. The predicted molar refractivity (Wildman–Crippen MR) is 70.3 cm³/mol. The number of aromatic nitrogens is 4. The standard InChI is InChI=1S/C13H11N5O/c14-11-7-10(17-13(19)18-11)8-3-1-2-4-9(8)12-15-5-6-16-12/h1-7H,(H,15,16)(H3,14,17,18,19). The van der Waals surface area contributed by atoms with Crippen LogP contribution >= 0.6 is 0 Å². The molecular formula is C13H11N5O. The second-order valence-corrected chi connectivity index (χ2v) is 4.03. The molecule has 0 aliphatic rings. The van der Waals surface area contributed by atoms with E-state index >= 15 is 0 Å². The number of nitrogens with zero attached hydrogens (tertiary/aromatic N) is 1. The molecule has 3 rings (SSSR count). The van der Waals surface area contributed by atoms with Gasteiger partial charge in [-0.15, -0.1) is 0 Å². The summed E-state index contributed by atoms with van der Waals surface area (Å²) in [5.74, 6) is 0.718. The van der Waals surface area contributed by atoms with Crippen LogP contribution < -0.4 is 11.2 Å². The number of rotatable bonds is 2. The molecular weight excluding hydrogens is 242 g/mol. The molecule has 0 radical (unpaired) electrons. The minimum atomic E-state index is -0.406. The summed E-state index contributed by atoms with van der Waals surface area (Å²) in [7, 11) is 0. The van der Waals surface area contributed by atoms with Gasteiger partial charge in [-0.05, 0) is 0 Å². The van der Waals surface area contributed by atoms with Gasteiger partial charge < -0.3 is 9.97 Å². The first-order valence-corrected chi connectivity index (χ1v) is 5.71. The first kappa shape index (κ1) is 11.2. The van der Waals surface area contributed by atoms with Crippen molar-refractivity contribution in [3.05, 3.63) is 58.7 Å². The fraction of sp³-hybridized carbons (Fsp3) is 0. The number of aromatic amines is 3. The lowest BCUT2D eigenvalue weighted by Crippen LogP contribution is -2.21. The van der Waals surface area contributed by atoms with Crippen molar-refractivity contribution in [1.82, 2.24) is 19.9 Å². The molecule has 2 aromatic heterocycles. The van der Waals surface area contributed by atoms with Crippen LogP contribution in [0.25, 0.3) is 22.6 Å². The second-order valence-electron chi connectivity index (χ2n) is 4.03. The van der Waals surface area contributed by atoms with Crippen molar-refractivity contribution < 1.29 is 0 Å². The second kappa shape index (κ2) is 4.41. The zero-order valence-corrected chi connectivity index (χ0v) is 9.90. The van der Waals surface area contributed by atoms with Crippen molar-refractivity contribution in [3.8, 4) is 22.6 Å². The van der Waals surface area contributed by atoms with Gasteiger partial charge in [-0.1, -0.05) is 24.3 Å². The highest BCUT2D eigenvalue weighted by Crippen LogP contribution is 2.27. The molecule has 0 saturated carbocycles. The maximum atomic E-state index is 11.4. The van der Waals surface area contributed by atoms with Gasteiger partial charge in [0.2, 0.25) is 0 Å². The van der Waals surface area contributed by atoms with Crippen LogP contribution in [0.4, 0.5) is 0 Å². The predicted octanol–water partition coefficient (Wildman–Crippen LogP) is 1.24. The maximum Gasteiger partial charge on any atom is 0.324 e. The van der Waals surface area contributed by atoms with Crippen LogP contribution in [-0.2, 0) is 0 Å². The Labute approximate surface area is 107 Å². The lowest BCUT2D eigenvalue weighted by Gasteiger charge is -2.07. The highest BCUT2D eigenvalue weighted by Gasteiger charge is 2.09. The molecule has 0 aliphatic heterocycles. The molecule has 4 N–H and O–H groups in total. The third kappa shape index (κ3) is 2.11. The first-order chi connectivity index (χ1) is 9.24. The van der Waals surface area contributed by atoms with E-state index in [1.165, 1.54) is 0 Å². The monoisotopic (exact) mass is 253 g/mol. The van der Waals surface area contributed by atoms with Crippen LogP contribution in [0.5, 0.6) is 0 Å². The number of hydrogen-bond acceptors (Lipinski definition) is 3. The molecule has 0 bridgehead atoms. The molecule has 6 nitrogen and oxygen atoms in total. The Kier molecular flexibility index (Phi) is 2.60. The van der Waals surface area contributed by atoms with Gasteiger partial charge in [0.05, 0.1) is 5.69 Å². The first-order valence-electron chi connectivity index (χ1n) is 5.71. The molecule has 0 fully saturated rings. The number of nitrogens with one attached hydrogen (secondary N) is 4. The van der Waals surface area contributed by atoms with Gasteiger partial charge in [-0.25, -0.2) is 9.78 Å². The summed E-state index contributed by atoms with van der Waals surface area (Å²) in [6.07, 6.45) is 3.41. The van der Waals surface area contributed by atoms with Crippen LogP contribution in [0.3, 0.4) is 0 Å². The fourth-order valence-electron chi connectivity index (χ4n) is 1.97. The molecule has 0 atom stereocenters. The summed E-state index contributed by atoms with van der Waals surface area (Å²) in [5, 5.41) is 7.57. The molecule has 0 unspecified atom stereocenters. The Hall–Kier alpha value is -2.89. The molecule has 0 amide bonds. The Morgan fingerprint density at radius 1 is 1.11 bits per heavy atom. The lowest BCUT2D eigenvalue weighted by molar-refractivity contribution is 0.983. The molecule has 19 heavy (non-hydrogen) atoms. The number of benzene rings is 1. The summed E-state index contributed by atoms with van der Waals surface area (Å²) in [6, 6.07) is 9.13. The smallest absolute Gasteiger partial charge is 0.324 e. The summed E-state index contributed by atoms with van der Waals surface area (Å²) in [5.41, 5.74) is 1.93. The van der Waals surface area contributed by atoms with E-state index in [1.54, 1.807) is 18.5 Å². The van der Waals surface area contributed by atoms with Gasteiger partial charge in [0.15, 0.2) is 0 Å². The molecule has 2 heterocycles. The van der Waals surface area contributed by atoms with Crippen LogP contribution in [0.2, 0.25) is 0 Å². The summed E-state index contributed by atoms with van der Waals surface area (Å²) < 4.78 is 0. The van der Waals surface area contributed by atoms with E-state index in [2.05, 4.69) is 19.9 Å². The largest absolute Gasteiger partial charge is 0.345 e. The third-order valence-electron chi connectivity index (χ3n) is 2.76. The summed E-state index contributed by atoms with van der Waals surface area (Å²) >= 11 is 0. The SMILES string of the molecule is N=c1cc(-c2ccccc2-c2ncc[nH]2)[nH]c(=O)[nH]1. The van der Waals surface area contributed by atoms with E-state index in [0.717, 1.165) is 17.0 Å². The van der Waals surface area contributed by atoms with E-state index in [9.17, 15) is 4.79 Å². The highest BCUT2D eigenvalue weighted by atomic mass is 16.1. The van der Waals surface area contributed by atoms with E-state index < -0.39 is 5.69 Å². The quantitative estimate of drug-likeness (QED) is 0.552. The Morgan fingerprint density at radius 2 is 1.89 bits per heavy atom. The Morgan fingerprint density at radius 3 is 2.58 bits per heavy atom. The topological polar surface area (TPSA) is 101 Å².